The van der Waals surface area contributed by atoms with Gasteiger partial charge in [-0.1, -0.05) is 10.8 Å². The molecule has 0 aromatic heterocycles. The molecule has 0 aliphatic rings. The van der Waals surface area contributed by atoms with Crippen molar-refractivity contribution in [2.24, 2.45) is 0 Å². The first-order valence-corrected chi connectivity index (χ1v) is 5.50. The van der Waals surface area contributed by atoms with E-state index >= 15 is 0 Å². The molecule has 0 bridgehead atoms. The molecule has 0 rings (SSSR count). The predicted octanol–water partition coefficient (Wildman–Crippen LogP) is 1.86. The molecule has 10 heavy (non-hydrogen) atoms. The predicted molar refractivity (Wildman–Crippen MR) is 49.8 cm³/mol. The van der Waals surface area contributed by atoms with Gasteiger partial charge in [-0.15, -0.1) is 0 Å². The lowest BCUT2D eigenvalue weighted by Gasteiger charge is -1.79. The van der Waals surface area contributed by atoms with Crippen LogP contribution in [0.25, 0.3) is 0 Å². The molecule has 0 aromatic carbocycles. The van der Waals surface area contributed by atoms with Crippen LogP contribution in [-0.4, -0.2) is 27.6 Å². The van der Waals surface area contributed by atoms with E-state index in [1.54, 1.807) is 0 Å². The van der Waals surface area contributed by atoms with Gasteiger partial charge < -0.3 is 9.66 Å². The highest BCUT2D eigenvalue weighted by atomic mass is 33.1. The summed E-state index contributed by atoms with van der Waals surface area (Å²) < 4.78 is 7.75. The van der Waals surface area contributed by atoms with Crippen molar-refractivity contribution in [3.8, 4) is 0 Å². The van der Waals surface area contributed by atoms with Crippen molar-refractivity contribution in [1.29, 1.82) is 0 Å². The molecule has 3 nitrogen and oxygen atoms in total. The van der Waals surface area contributed by atoms with E-state index in [2.05, 4.69) is 12.6 Å². The Morgan fingerprint density at radius 2 is 2.10 bits per heavy atom. The van der Waals surface area contributed by atoms with Crippen LogP contribution in [0.4, 0.5) is 0 Å². The quantitative estimate of drug-likeness (QED) is 0.370. The Hall–Kier alpha value is 0.480. The topological polar surface area (TPSA) is 57.5 Å². The molecule has 0 aliphatic carbocycles. The Balaban J connectivity index is 0. The number of carbonyl (C=O) groups is 1. The number of hydrogen-bond donors (Lipinski definition) is 3. The highest BCUT2D eigenvalue weighted by Crippen LogP contribution is 2.08. The average molecular weight is 202 g/mol. The van der Waals surface area contributed by atoms with Crippen LogP contribution in [-0.2, 0) is 4.79 Å². The fourth-order valence-corrected chi connectivity index (χ4v) is 0.287. The van der Waals surface area contributed by atoms with Gasteiger partial charge in [0.05, 0.1) is 17.5 Å². The molecule has 0 heterocycles. The first-order chi connectivity index (χ1) is 4.68. The minimum atomic E-state index is -0.787. The molecule has 0 amide bonds. The van der Waals surface area contributed by atoms with Crippen LogP contribution >= 0.6 is 34.5 Å². The smallest absolute Gasteiger partial charge is 0.304 e. The third kappa shape index (κ3) is 23.6. The highest BCUT2D eigenvalue weighted by Gasteiger charge is 1.88. The molecule has 0 saturated carbocycles. The lowest BCUT2D eigenvalue weighted by Crippen LogP contribution is -1.93. The Labute approximate surface area is 73.6 Å². The largest absolute Gasteiger partial charge is 0.481 e. The van der Waals surface area contributed by atoms with Gasteiger partial charge in [0, 0.05) is 5.75 Å². The lowest BCUT2D eigenvalue weighted by atomic mass is 10.5. The van der Waals surface area contributed by atoms with E-state index in [0.717, 1.165) is 11.1 Å². The minimum Gasteiger partial charge on any atom is -0.481 e. The molecule has 0 atom stereocenters. The first-order valence-electron chi connectivity index (χ1n) is 2.36. The summed E-state index contributed by atoms with van der Waals surface area (Å²) in [4.78, 5) is 9.55. The van der Waals surface area contributed by atoms with Gasteiger partial charge in [0.1, 0.15) is 0 Å². The van der Waals surface area contributed by atoms with Gasteiger partial charge in [0.2, 0.25) is 0 Å². The van der Waals surface area contributed by atoms with E-state index in [1.165, 1.54) is 10.8 Å². The Morgan fingerprint density at radius 3 is 2.10 bits per heavy atom. The van der Waals surface area contributed by atoms with Gasteiger partial charge in [-0.05, 0) is 6.26 Å². The molecule has 0 unspecified atom stereocenters. The van der Waals surface area contributed by atoms with Crippen LogP contribution in [0.15, 0.2) is 0 Å². The summed E-state index contributed by atoms with van der Waals surface area (Å²) in [5.74, 6) is -0.361. The van der Waals surface area contributed by atoms with Crippen LogP contribution in [0.2, 0.25) is 0 Å². The molecule has 0 fully saturated rings. The van der Waals surface area contributed by atoms with Crippen LogP contribution in [0.1, 0.15) is 6.42 Å². The fourth-order valence-electron chi connectivity index (χ4n) is 0.0956. The fraction of sp³-hybridized carbons (Fsp3) is 0.750. The second-order valence-electron chi connectivity index (χ2n) is 1.11. The summed E-state index contributed by atoms with van der Waals surface area (Å²) in [6.45, 7) is 0. The van der Waals surface area contributed by atoms with Gasteiger partial charge >= 0.3 is 5.97 Å². The molecular formula is C4H10O3S3. The van der Waals surface area contributed by atoms with Crippen LogP contribution in [0.5, 0.6) is 0 Å². The Kier molecular flexibility index (Phi) is 16.0. The SMILES string of the molecule is CSSO.O=C(O)CCS. The number of carboxylic acid groups (broad SMARTS) is 1. The summed E-state index contributed by atoms with van der Waals surface area (Å²) in [5, 5.41) is 7.86. The Morgan fingerprint density at radius 1 is 1.70 bits per heavy atom. The Bertz CT molecular complexity index is 76.1. The maximum atomic E-state index is 9.55. The molecule has 62 valence electrons. The number of rotatable bonds is 3. The lowest BCUT2D eigenvalue weighted by molar-refractivity contribution is -0.136. The summed E-state index contributed by atoms with van der Waals surface area (Å²) >= 11 is 4.45. The third-order valence-corrected chi connectivity index (χ3v) is 1.22. The molecule has 0 aromatic rings. The monoisotopic (exact) mass is 202 g/mol. The van der Waals surface area contributed by atoms with Crippen molar-refractivity contribution in [2.75, 3.05) is 12.0 Å². The number of carboxylic acids is 1. The van der Waals surface area contributed by atoms with Crippen molar-refractivity contribution < 1.29 is 14.5 Å². The normalized spacial score (nSPS) is 7.90. The summed E-state index contributed by atoms with van der Waals surface area (Å²) in [6, 6.07) is 0. The van der Waals surface area contributed by atoms with Crippen LogP contribution in [0.3, 0.4) is 0 Å². The molecule has 2 N–H and O–H groups in total. The van der Waals surface area contributed by atoms with Crippen molar-refractivity contribution in [3.05, 3.63) is 0 Å². The van der Waals surface area contributed by atoms with E-state index < -0.39 is 5.97 Å². The van der Waals surface area contributed by atoms with Crippen LogP contribution < -0.4 is 0 Å². The summed E-state index contributed by atoms with van der Waals surface area (Å²) in [6.07, 6.45) is 1.97. The zero-order valence-electron chi connectivity index (χ0n) is 5.48. The molecule has 0 spiro atoms. The number of thiol groups is 1. The number of hydrogen-bond acceptors (Lipinski definition) is 5. The summed E-state index contributed by atoms with van der Waals surface area (Å²) in [7, 11) is 1.33. The van der Waals surface area contributed by atoms with Gasteiger partial charge in [-0.25, -0.2) is 0 Å². The van der Waals surface area contributed by atoms with E-state index in [4.69, 9.17) is 9.66 Å². The van der Waals surface area contributed by atoms with E-state index in [-0.39, 0.29) is 6.42 Å². The molecule has 0 radical (unpaired) electrons. The zero-order valence-corrected chi connectivity index (χ0v) is 8.01. The van der Waals surface area contributed by atoms with Gasteiger partial charge in [-0.3, -0.25) is 4.79 Å². The van der Waals surface area contributed by atoms with Crippen molar-refractivity contribution >= 4 is 40.5 Å². The zero-order chi connectivity index (χ0) is 8.41. The van der Waals surface area contributed by atoms with Crippen molar-refractivity contribution in [1.82, 2.24) is 0 Å². The summed E-state index contributed by atoms with van der Waals surface area (Å²) in [5.41, 5.74) is 0. The first kappa shape index (κ1) is 13.1. The maximum absolute atomic E-state index is 9.55. The minimum absolute atomic E-state index is 0.156. The van der Waals surface area contributed by atoms with Crippen molar-refractivity contribution in [3.63, 3.8) is 0 Å². The van der Waals surface area contributed by atoms with E-state index in [0.29, 0.717) is 5.75 Å². The average Bonchev–Trinajstić information content (AvgIpc) is 1.89. The molecular weight excluding hydrogens is 192 g/mol. The second kappa shape index (κ2) is 12.2. The van der Waals surface area contributed by atoms with Gasteiger partial charge in [0.15, 0.2) is 0 Å². The van der Waals surface area contributed by atoms with Crippen LogP contribution in [0, 0.1) is 0 Å². The maximum Gasteiger partial charge on any atom is 0.304 e. The molecule has 0 aliphatic heterocycles. The molecule has 0 saturated heterocycles. The van der Waals surface area contributed by atoms with E-state index in [1.807, 2.05) is 6.26 Å². The number of aliphatic carboxylic acids is 1. The highest BCUT2D eigenvalue weighted by molar-refractivity contribution is 8.74. The van der Waals surface area contributed by atoms with Gasteiger partial charge in [-0.2, -0.15) is 12.6 Å². The standard InChI is InChI=1S/C3H6O2S.CH4OS2/c4-3(5)1-2-6;1-3-4-2/h6H,1-2H2,(H,4,5);2H,1H3. The third-order valence-electron chi connectivity index (χ3n) is 0.400. The molecule has 6 heteroatoms. The second-order valence-corrected chi connectivity index (χ2v) is 3.49. The van der Waals surface area contributed by atoms with Crippen molar-refractivity contribution in [2.45, 2.75) is 6.42 Å². The van der Waals surface area contributed by atoms with E-state index in [9.17, 15) is 4.79 Å². The van der Waals surface area contributed by atoms with Gasteiger partial charge in [0.25, 0.3) is 0 Å².